The molecule has 0 aromatic carbocycles. The Morgan fingerprint density at radius 2 is 1.73 bits per heavy atom. The third-order valence-electron chi connectivity index (χ3n) is 2.31. The van der Waals surface area contributed by atoms with Crippen LogP contribution < -0.4 is 0 Å². The normalized spacial score (nSPS) is 14.5. The van der Waals surface area contributed by atoms with Gasteiger partial charge >= 0.3 is 10.4 Å². The third-order valence-corrected chi connectivity index (χ3v) is 2.77. The minimum atomic E-state index is -4.25. The van der Waals surface area contributed by atoms with Crippen LogP contribution in [0.4, 0.5) is 0 Å². The molecule has 0 spiro atoms. The SMILES string of the molecule is CC(C)CCC(C)CCCOS(=O)(=O)O. The monoisotopic (exact) mass is 238 g/mol. The van der Waals surface area contributed by atoms with Crippen molar-refractivity contribution in [1.29, 1.82) is 0 Å². The molecule has 1 atom stereocenters. The molecule has 0 heterocycles. The first-order valence-corrected chi connectivity index (χ1v) is 6.79. The van der Waals surface area contributed by atoms with Crippen molar-refractivity contribution >= 4 is 10.4 Å². The van der Waals surface area contributed by atoms with Gasteiger partial charge in [0.15, 0.2) is 0 Å². The highest BCUT2D eigenvalue weighted by Crippen LogP contribution is 2.16. The van der Waals surface area contributed by atoms with Crippen molar-refractivity contribution in [1.82, 2.24) is 0 Å². The van der Waals surface area contributed by atoms with Gasteiger partial charge in [-0.3, -0.25) is 4.55 Å². The van der Waals surface area contributed by atoms with Gasteiger partial charge in [0, 0.05) is 0 Å². The molecule has 5 heteroatoms. The Kier molecular flexibility index (Phi) is 7.13. The van der Waals surface area contributed by atoms with E-state index in [0.29, 0.717) is 18.3 Å². The summed E-state index contributed by atoms with van der Waals surface area (Å²) in [5.74, 6) is 1.29. The molecule has 0 radical (unpaired) electrons. The Labute approximate surface area is 93.0 Å². The van der Waals surface area contributed by atoms with Gasteiger partial charge in [-0.1, -0.05) is 33.6 Å². The molecule has 0 saturated heterocycles. The predicted molar refractivity (Wildman–Crippen MR) is 60.0 cm³/mol. The van der Waals surface area contributed by atoms with E-state index in [2.05, 4.69) is 25.0 Å². The lowest BCUT2D eigenvalue weighted by Gasteiger charge is -2.12. The zero-order valence-corrected chi connectivity index (χ0v) is 10.6. The summed E-state index contributed by atoms with van der Waals surface area (Å²) in [7, 11) is -4.25. The lowest BCUT2D eigenvalue weighted by atomic mass is 9.96. The first kappa shape index (κ1) is 14.9. The van der Waals surface area contributed by atoms with Crippen LogP contribution in [0.1, 0.15) is 46.5 Å². The molecule has 0 aromatic rings. The molecular weight excluding hydrogens is 216 g/mol. The summed E-state index contributed by atoms with van der Waals surface area (Å²) < 4.78 is 33.0. The van der Waals surface area contributed by atoms with Crippen LogP contribution in [0.5, 0.6) is 0 Å². The molecule has 15 heavy (non-hydrogen) atoms. The zero-order chi connectivity index (χ0) is 11.9. The molecule has 0 bridgehead atoms. The van der Waals surface area contributed by atoms with E-state index in [0.717, 1.165) is 12.8 Å². The van der Waals surface area contributed by atoms with E-state index in [-0.39, 0.29) is 6.61 Å². The summed E-state index contributed by atoms with van der Waals surface area (Å²) in [6.45, 7) is 6.60. The molecular formula is C10H22O4S. The second-order valence-corrected chi connectivity index (χ2v) is 5.56. The van der Waals surface area contributed by atoms with Crippen LogP contribution in [0.2, 0.25) is 0 Å². The van der Waals surface area contributed by atoms with Crippen molar-refractivity contribution in [3.8, 4) is 0 Å². The molecule has 0 fully saturated rings. The van der Waals surface area contributed by atoms with Crippen molar-refractivity contribution in [2.75, 3.05) is 6.61 Å². The molecule has 4 nitrogen and oxygen atoms in total. The summed E-state index contributed by atoms with van der Waals surface area (Å²) in [4.78, 5) is 0. The molecule has 1 N–H and O–H groups in total. The van der Waals surface area contributed by atoms with Gasteiger partial charge < -0.3 is 0 Å². The summed E-state index contributed by atoms with van der Waals surface area (Å²) in [6.07, 6.45) is 3.95. The zero-order valence-electron chi connectivity index (χ0n) is 9.77. The van der Waals surface area contributed by atoms with Crippen LogP contribution in [0.3, 0.4) is 0 Å². The maximum Gasteiger partial charge on any atom is 0.397 e. The average molecular weight is 238 g/mol. The third kappa shape index (κ3) is 11.8. The van der Waals surface area contributed by atoms with Gasteiger partial charge in [0.05, 0.1) is 6.61 Å². The van der Waals surface area contributed by atoms with Gasteiger partial charge in [0.2, 0.25) is 0 Å². The molecule has 0 aliphatic heterocycles. The minimum Gasteiger partial charge on any atom is -0.264 e. The summed E-state index contributed by atoms with van der Waals surface area (Å²) in [5, 5.41) is 0. The van der Waals surface area contributed by atoms with E-state index in [4.69, 9.17) is 4.55 Å². The molecule has 0 aliphatic rings. The van der Waals surface area contributed by atoms with Crippen LogP contribution in [0, 0.1) is 11.8 Å². The summed E-state index contributed by atoms with van der Waals surface area (Å²) in [6, 6.07) is 0. The first-order chi connectivity index (χ1) is 6.81. The van der Waals surface area contributed by atoms with E-state index < -0.39 is 10.4 Å². The average Bonchev–Trinajstić information content (AvgIpc) is 2.07. The van der Waals surface area contributed by atoms with E-state index in [1.54, 1.807) is 0 Å². The van der Waals surface area contributed by atoms with Gasteiger partial charge in [0.25, 0.3) is 0 Å². The summed E-state index contributed by atoms with van der Waals surface area (Å²) >= 11 is 0. The Morgan fingerprint density at radius 3 is 2.20 bits per heavy atom. The second kappa shape index (κ2) is 7.19. The Bertz CT molecular complexity index is 246. The molecule has 92 valence electrons. The first-order valence-electron chi connectivity index (χ1n) is 5.43. The number of hydrogen-bond donors (Lipinski definition) is 1. The fraction of sp³-hybridized carbons (Fsp3) is 1.00. The second-order valence-electron chi connectivity index (χ2n) is 4.47. The fourth-order valence-electron chi connectivity index (χ4n) is 1.36. The Hall–Kier alpha value is -0.130. The van der Waals surface area contributed by atoms with Gasteiger partial charge in [-0.2, -0.15) is 8.42 Å². The quantitative estimate of drug-likeness (QED) is 0.521. The largest absolute Gasteiger partial charge is 0.397 e. The highest BCUT2D eigenvalue weighted by molar-refractivity contribution is 7.80. The van der Waals surface area contributed by atoms with Crippen LogP contribution in [0.15, 0.2) is 0 Å². The van der Waals surface area contributed by atoms with E-state index in [1.165, 1.54) is 6.42 Å². The summed E-state index contributed by atoms with van der Waals surface area (Å²) in [5.41, 5.74) is 0. The topological polar surface area (TPSA) is 63.6 Å². The van der Waals surface area contributed by atoms with Crippen LogP contribution in [0.25, 0.3) is 0 Å². The van der Waals surface area contributed by atoms with Crippen molar-refractivity contribution in [2.45, 2.75) is 46.5 Å². The van der Waals surface area contributed by atoms with Crippen molar-refractivity contribution in [3.63, 3.8) is 0 Å². The molecule has 0 saturated carbocycles. The lowest BCUT2D eigenvalue weighted by Crippen LogP contribution is -2.06. The van der Waals surface area contributed by atoms with Gasteiger partial charge in [-0.25, -0.2) is 4.18 Å². The molecule has 1 unspecified atom stereocenters. The minimum absolute atomic E-state index is 0.0743. The maximum atomic E-state index is 10.2. The molecule has 0 aliphatic carbocycles. The molecule has 0 amide bonds. The Balaban J connectivity index is 3.43. The highest BCUT2D eigenvalue weighted by Gasteiger charge is 2.06. The van der Waals surface area contributed by atoms with E-state index in [1.807, 2.05) is 0 Å². The number of hydrogen-bond acceptors (Lipinski definition) is 3. The standard InChI is InChI=1S/C10H22O4S/c1-9(2)6-7-10(3)5-4-8-14-15(11,12)13/h9-10H,4-8H2,1-3H3,(H,11,12,13). The fourth-order valence-corrected chi connectivity index (χ4v) is 1.69. The van der Waals surface area contributed by atoms with Gasteiger partial charge in [0.1, 0.15) is 0 Å². The van der Waals surface area contributed by atoms with Crippen LogP contribution >= 0.6 is 0 Å². The number of rotatable bonds is 8. The lowest BCUT2D eigenvalue weighted by molar-refractivity contribution is 0.254. The van der Waals surface area contributed by atoms with Crippen molar-refractivity contribution in [3.05, 3.63) is 0 Å². The Morgan fingerprint density at radius 1 is 1.13 bits per heavy atom. The van der Waals surface area contributed by atoms with Crippen LogP contribution in [-0.2, 0) is 14.6 Å². The van der Waals surface area contributed by atoms with Gasteiger partial charge in [-0.05, 0) is 24.7 Å². The predicted octanol–water partition coefficient (Wildman–Crippen LogP) is 2.66. The van der Waals surface area contributed by atoms with Gasteiger partial charge in [-0.15, -0.1) is 0 Å². The molecule has 0 rings (SSSR count). The van der Waals surface area contributed by atoms with Crippen LogP contribution in [-0.4, -0.2) is 19.6 Å². The highest BCUT2D eigenvalue weighted by atomic mass is 32.3. The van der Waals surface area contributed by atoms with Crippen molar-refractivity contribution < 1.29 is 17.2 Å². The van der Waals surface area contributed by atoms with E-state index >= 15 is 0 Å². The van der Waals surface area contributed by atoms with E-state index in [9.17, 15) is 8.42 Å². The maximum absolute atomic E-state index is 10.2. The van der Waals surface area contributed by atoms with Crippen molar-refractivity contribution in [2.24, 2.45) is 11.8 Å². The smallest absolute Gasteiger partial charge is 0.264 e. The molecule has 0 aromatic heterocycles.